The quantitative estimate of drug-likeness (QED) is 0.913. The molecule has 3 nitrogen and oxygen atoms in total. The maximum Gasteiger partial charge on any atom is 0.255 e. The van der Waals surface area contributed by atoms with Gasteiger partial charge in [-0.05, 0) is 24.3 Å². The lowest BCUT2D eigenvalue weighted by Gasteiger charge is -2.08. The van der Waals surface area contributed by atoms with Crippen LogP contribution in [-0.2, 0) is 6.54 Å². The van der Waals surface area contributed by atoms with Gasteiger partial charge in [0.2, 0.25) is 0 Å². The van der Waals surface area contributed by atoms with Crippen molar-refractivity contribution in [3.05, 3.63) is 64.2 Å². The van der Waals surface area contributed by atoms with E-state index in [1.807, 2.05) is 0 Å². The average Bonchev–Trinajstić information content (AvgIpc) is 2.40. The Hall–Kier alpha value is -2.14. The van der Waals surface area contributed by atoms with Gasteiger partial charge < -0.3 is 10.4 Å². The fourth-order valence-electron chi connectivity index (χ4n) is 1.63. The predicted molar refractivity (Wildman–Crippen MR) is 70.6 cm³/mol. The van der Waals surface area contributed by atoms with Gasteiger partial charge in [0.05, 0.1) is 5.56 Å². The zero-order valence-corrected chi connectivity index (χ0v) is 10.9. The number of rotatable bonds is 3. The maximum absolute atomic E-state index is 13.4. The maximum atomic E-state index is 13.4. The SMILES string of the molecule is O=C(NCc1ccc(F)cc1F)c1cc(Cl)ccc1O. The van der Waals surface area contributed by atoms with Crippen molar-refractivity contribution in [1.82, 2.24) is 5.32 Å². The van der Waals surface area contributed by atoms with E-state index in [9.17, 15) is 18.7 Å². The molecule has 104 valence electrons. The van der Waals surface area contributed by atoms with Crippen molar-refractivity contribution in [2.24, 2.45) is 0 Å². The fourth-order valence-corrected chi connectivity index (χ4v) is 1.80. The van der Waals surface area contributed by atoms with Crippen molar-refractivity contribution >= 4 is 17.5 Å². The third-order valence-electron chi connectivity index (χ3n) is 2.66. The monoisotopic (exact) mass is 297 g/mol. The second-order valence-electron chi connectivity index (χ2n) is 4.08. The van der Waals surface area contributed by atoms with Crippen molar-refractivity contribution < 1.29 is 18.7 Å². The molecule has 0 aliphatic rings. The molecule has 2 N–H and O–H groups in total. The van der Waals surface area contributed by atoms with E-state index in [1.54, 1.807) is 0 Å². The topological polar surface area (TPSA) is 49.3 Å². The number of phenols is 1. The van der Waals surface area contributed by atoms with E-state index in [4.69, 9.17) is 11.6 Å². The molecule has 0 heterocycles. The number of hydrogen-bond acceptors (Lipinski definition) is 2. The number of carbonyl (C=O) groups excluding carboxylic acids is 1. The van der Waals surface area contributed by atoms with Gasteiger partial charge in [-0.15, -0.1) is 0 Å². The molecule has 0 aliphatic heterocycles. The molecule has 0 bridgehead atoms. The third kappa shape index (κ3) is 3.24. The lowest BCUT2D eigenvalue weighted by atomic mass is 10.1. The van der Waals surface area contributed by atoms with Crippen molar-refractivity contribution in [3.63, 3.8) is 0 Å². The molecule has 2 rings (SSSR count). The summed E-state index contributed by atoms with van der Waals surface area (Å²) in [5, 5.41) is 12.3. The molecule has 0 spiro atoms. The van der Waals surface area contributed by atoms with Crippen LogP contribution in [0.2, 0.25) is 5.02 Å². The molecular weight excluding hydrogens is 288 g/mol. The Morgan fingerprint density at radius 1 is 1.20 bits per heavy atom. The molecule has 0 saturated heterocycles. The van der Waals surface area contributed by atoms with Crippen molar-refractivity contribution in [2.45, 2.75) is 6.54 Å². The zero-order valence-electron chi connectivity index (χ0n) is 10.2. The Bertz CT molecular complexity index is 662. The number of amides is 1. The highest BCUT2D eigenvalue weighted by atomic mass is 35.5. The molecule has 1 amide bonds. The minimum absolute atomic E-state index is 0.0139. The summed E-state index contributed by atoms with van der Waals surface area (Å²) >= 11 is 5.73. The van der Waals surface area contributed by atoms with Crippen LogP contribution in [0.15, 0.2) is 36.4 Å². The van der Waals surface area contributed by atoms with Gasteiger partial charge in [-0.3, -0.25) is 4.79 Å². The summed E-state index contributed by atoms with van der Waals surface area (Å²) in [6.07, 6.45) is 0. The lowest BCUT2D eigenvalue weighted by Crippen LogP contribution is -2.23. The van der Waals surface area contributed by atoms with Crippen LogP contribution < -0.4 is 5.32 Å². The molecule has 0 saturated carbocycles. The van der Waals surface area contributed by atoms with Crippen LogP contribution in [0.5, 0.6) is 5.75 Å². The fraction of sp³-hybridized carbons (Fsp3) is 0.0714. The number of benzene rings is 2. The van der Waals surface area contributed by atoms with E-state index >= 15 is 0 Å². The molecule has 0 atom stereocenters. The number of halogens is 3. The Morgan fingerprint density at radius 2 is 1.95 bits per heavy atom. The van der Waals surface area contributed by atoms with E-state index in [0.29, 0.717) is 5.02 Å². The number of aromatic hydroxyl groups is 1. The van der Waals surface area contributed by atoms with Gasteiger partial charge in [0, 0.05) is 23.2 Å². The molecule has 0 aromatic heterocycles. The Labute approximate surface area is 118 Å². The smallest absolute Gasteiger partial charge is 0.255 e. The van der Waals surface area contributed by atoms with Gasteiger partial charge in [0.25, 0.3) is 5.91 Å². The minimum Gasteiger partial charge on any atom is -0.507 e. The first kappa shape index (κ1) is 14.3. The normalized spacial score (nSPS) is 10.3. The highest BCUT2D eigenvalue weighted by Gasteiger charge is 2.12. The number of phenolic OH excluding ortho intramolecular Hbond substituents is 1. The Morgan fingerprint density at radius 3 is 2.65 bits per heavy atom. The van der Waals surface area contributed by atoms with Gasteiger partial charge >= 0.3 is 0 Å². The average molecular weight is 298 g/mol. The van der Waals surface area contributed by atoms with Crippen molar-refractivity contribution in [2.75, 3.05) is 0 Å². The molecule has 20 heavy (non-hydrogen) atoms. The Kier molecular flexibility index (Phi) is 4.20. The van der Waals surface area contributed by atoms with Crippen LogP contribution >= 0.6 is 11.6 Å². The summed E-state index contributed by atoms with van der Waals surface area (Å²) in [7, 11) is 0. The first-order chi connectivity index (χ1) is 9.47. The van der Waals surface area contributed by atoms with Gasteiger partial charge in [-0.2, -0.15) is 0 Å². The van der Waals surface area contributed by atoms with Crippen LogP contribution in [0.25, 0.3) is 0 Å². The van der Waals surface area contributed by atoms with Crippen LogP contribution in [0.1, 0.15) is 15.9 Å². The molecule has 2 aromatic rings. The molecule has 0 radical (unpaired) electrons. The van der Waals surface area contributed by atoms with Crippen LogP contribution in [0, 0.1) is 11.6 Å². The highest BCUT2D eigenvalue weighted by Crippen LogP contribution is 2.21. The summed E-state index contributed by atoms with van der Waals surface area (Å²) in [6, 6.07) is 7.10. The summed E-state index contributed by atoms with van der Waals surface area (Å²) < 4.78 is 26.1. The summed E-state index contributed by atoms with van der Waals surface area (Å²) in [5.41, 5.74) is 0.126. The van der Waals surface area contributed by atoms with Crippen molar-refractivity contribution in [1.29, 1.82) is 0 Å². The molecular formula is C14H10ClF2NO2. The standard InChI is InChI=1S/C14H10ClF2NO2/c15-9-2-4-13(19)11(5-9)14(20)18-7-8-1-3-10(16)6-12(8)17/h1-6,19H,7H2,(H,18,20). The van der Waals surface area contributed by atoms with E-state index in [0.717, 1.165) is 12.1 Å². The van der Waals surface area contributed by atoms with Gasteiger partial charge in [0.15, 0.2) is 0 Å². The van der Waals surface area contributed by atoms with E-state index in [2.05, 4.69) is 5.32 Å². The van der Waals surface area contributed by atoms with Crippen LogP contribution in [0.4, 0.5) is 8.78 Å². The number of hydrogen-bond donors (Lipinski definition) is 2. The van der Waals surface area contributed by atoms with Crippen LogP contribution in [0.3, 0.4) is 0 Å². The van der Waals surface area contributed by atoms with Gasteiger partial charge in [0.1, 0.15) is 17.4 Å². The number of carbonyl (C=O) groups is 1. The highest BCUT2D eigenvalue weighted by molar-refractivity contribution is 6.31. The van der Waals surface area contributed by atoms with E-state index in [1.165, 1.54) is 24.3 Å². The number of nitrogens with one attached hydrogen (secondary N) is 1. The molecule has 2 aromatic carbocycles. The summed E-state index contributed by atoms with van der Waals surface area (Å²) in [5.74, 6) is -2.27. The molecule has 6 heteroatoms. The second-order valence-corrected chi connectivity index (χ2v) is 4.52. The molecule has 0 aliphatic carbocycles. The second kappa shape index (κ2) is 5.88. The summed E-state index contributed by atoms with van der Waals surface area (Å²) in [4.78, 5) is 11.8. The van der Waals surface area contributed by atoms with Crippen molar-refractivity contribution in [3.8, 4) is 5.75 Å². The largest absolute Gasteiger partial charge is 0.507 e. The van der Waals surface area contributed by atoms with Gasteiger partial charge in [-0.25, -0.2) is 8.78 Å². The van der Waals surface area contributed by atoms with Gasteiger partial charge in [-0.1, -0.05) is 17.7 Å². The zero-order chi connectivity index (χ0) is 14.7. The third-order valence-corrected chi connectivity index (χ3v) is 2.89. The molecule has 0 fully saturated rings. The summed E-state index contributed by atoms with van der Waals surface area (Å²) in [6.45, 7) is -0.128. The van der Waals surface area contributed by atoms with Crippen LogP contribution in [-0.4, -0.2) is 11.0 Å². The van der Waals surface area contributed by atoms with E-state index < -0.39 is 17.5 Å². The van der Waals surface area contributed by atoms with E-state index in [-0.39, 0.29) is 23.4 Å². The first-order valence-electron chi connectivity index (χ1n) is 5.68. The predicted octanol–water partition coefficient (Wildman–Crippen LogP) is 3.25. The minimum atomic E-state index is -0.749. The Balaban J connectivity index is 2.10. The first-order valence-corrected chi connectivity index (χ1v) is 6.06. The lowest BCUT2D eigenvalue weighted by molar-refractivity contribution is 0.0948. The molecule has 0 unspecified atom stereocenters.